The van der Waals surface area contributed by atoms with Crippen molar-refractivity contribution in [2.75, 3.05) is 13.2 Å². The Labute approximate surface area is 67.2 Å². The molecule has 1 aliphatic heterocycles. The predicted octanol–water partition coefficient (Wildman–Crippen LogP) is 1.56. The number of hydrogen-bond acceptors (Lipinski definition) is 2. The van der Waals surface area contributed by atoms with Crippen molar-refractivity contribution in [1.82, 2.24) is 0 Å². The summed E-state index contributed by atoms with van der Waals surface area (Å²) in [6.07, 6.45) is 5.25. The van der Waals surface area contributed by atoms with Crippen LogP contribution < -0.4 is 0 Å². The van der Waals surface area contributed by atoms with Gasteiger partial charge in [-0.15, -0.1) is 0 Å². The average Bonchev–Trinajstić information content (AvgIpc) is 2.07. The summed E-state index contributed by atoms with van der Waals surface area (Å²) in [5.41, 5.74) is 0. The lowest BCUT2D eigenvalue weighted by Gasteiger charge is -2.19. The number of hydrogen-bond donors (Lipinski definition) is 0. The van der Waals surface area contributed by atoms with Gasteiger partial charge in [0.15, 0.2) is 5.78 Å². The van der Waals surface area contributed by atoms with Crippen molar-refractivity contribution in [1.29, 1.82) is 0 Å². The third kappa shape index (κ3) is 2.46. The summed E-state index contributed by atoms with van der Waals surface area (Å²) in [5.74, 6) is 0.482. The molecule has 2 nitrogen and oxygen atoms in total. The Morgan fingerprint density at radius 1 is 1.45 bits per heavy atom. The van der Waals surface area contributed by atoms with Crippen LogP contribution in [0.3, 0.4) is 0 Å². The largest absolute Gasteiger partial charge is 0.381 e. The Hall–Kier alpha value is -0.630. The minimum Gasteiger partial charge on any atom is -0.381 e. The number of ether oxygens (including phenoxy) is 1. The molecule has 0 radical (unpaired) electrons. The molecule has 1 fully saturated rings. The van der Waals surface area contributed by atoms with E-state index in [1.54, 1.807) is 12.2 Å². The quantitative estimate of drug-likeness (QED) is 0.564. The summed E-state index contributed by atoms with van der Waals surface area (Å²) in [5, 5.41) is 0. The minimum absolute atomic E-state index is 0.222. The second-order valence-electron chi connectivity index (χ2n) is 2.79. The first-order chi connectivity index (χ1) is 5.34. The molecule has 0 aromatic heterocycles. The molecular formula is C9H14O2. The van der Waals surface area contributed by atoms with Gasteiger partial charge in [0, 0.05) is 19.1 Å². The first-order valence-electron chi connectivity index (χ1n) is 4.09. The minimum atomic E-state index is 0.222. The molecule has 0 atom stereocenters. The highest BCUT2D eigenvalue weighted by molar-refractivity contribution is 5.91. The molecule has 0 aromatic rings. The lowest BCUT2D eigenvalue weighted by atomic mass is 9.95. The first-order valence-corrected chi connectivity index (χ1v) is 4.09. The predicted molar refractivity (Wildman–Crippen MR) is 43.4 cm³/mol. The molecular weight excluding hydrogens is 140 g/mol. The van der Waals surface area contributed by atoms with E-state index in [0.29, 0.717) is 0 Å². The Bertz CT molecular complexity index is 155. The second-order valence-corrected chi connectivity index (χ2v) is 2.79. The Kier molecular flexibility index (Phi) is 3.30. The monoisotopic (exact) mass is 154 g/mol. The second kappa shape index (κ2) is 4.29. The molecule has 1 aliphatic rings. The van der Waals surface area contributed by atoms with Gasteiger partial charge in [-0.2, -0.15) is 0 Å². The fourth-order valence-electron chi connectivity index (χ4n) is 1.28. The molecule has 1 heterocycles. The van der Waals surface area contributed by atoms with Crippen LogP contribution >= 0.6 is 0 Å². The van der Waals surface area contributed by atoms with Gasteiger partial charge < -0.3 is 4.74 Å². The lowest BCUT2D eigenvalue weighted by molar-refractivity contribution is -0.120. The molecule has 0 bridgehead atoms. The summed E-state index contributed by atoms with van der Waals surface area (Å²) in [7, 11) is 0. The molecule has 0 amide bonds. The van der Waals surface area contributed by atoms with E-state index in [0.717, 1.165) is 26.1 Å². The van der Waals surface area contributed by atoms with E-state index in [2.05, 4.69) is 0 Å². The molecule has 62 valence electrons. The van der Waals surface area contributed by atoms with E-state index in [4.69, 9.17) is 4.74 Å². The number of carbonyl (C=O) groups excluding carboxylic acids is 1. The summed E-state index contributed by atoms with van der Waals surface area (Å²) in [6, 6.07) is 0. The van der Waals surface area contributed by atoms with Crippen LogP contribution in [0, 0.1) is 5.92 Å². The molecule has 0 unspecified atom stereocenters. The van der Waals surface area contributed by atoms with E-state index in [9.17, 15) is 4.79 Å². The van der Waals surface area contributed by atoms with Crippen LogP contribution in [0.1, 0.15) is 19.8 Å². The normalized spacial score (nSPS) is 20.8. The van der Waals surface area contributed by atoms with Crippen LogP contribution in [0.5, 0.6) is 0 Å². The molecule has 11 heavy (non-hydrogen) atoms. The highest BCUT2D eigenvalue weighted by Gasteiger charge is 2.18. The van der Waals surface area contributed by atoms with Gasteiger partial charge in [-0.25, -0.2) is 0 Å². The van der Waals surface area contributed by atoms with Gasteiger partial charge in [0.1, 0.15) is 0 Å². The summed E-state index contributed by atoms with van der Waals surface area (Å²) in [4.78, 5) is 11.3. The molecule has 2 heteroatoms. The van der Waals surface area contributed by atoms with Crippen LogP contribution in [0.25, 0.3) is 0 Å². The topological polar surface area (TPSA) is 26.3 Å². The van der Waals surface area contributed by atoms with Crippen molar-refractivity contribution in [3.63, 3.8) is 0 Å². The van der Waals surface area contributed by atoms with E-state index in [-0.39, 0.29) is 11.7 Å². The van der Waals surface area contributed by atoms with Crippen molar-refractivity contribution >= 4 is 5.78 Å². The molecule has 0 N–H and O–H groups in total. The van der Waals surface area contributed by atoms with E-state index < -0.39 is 0 Å². The average molecular weight is 154 g/mol. The zero-order chi connectivity index (χ0) is 8.10. The first kappa shape index (κ1) is 8.47. The van der Waals surface area contributed by atoms with Gasteiger partial charge in [0.25, 0.3) is 0 Å². The lowest BCUT2D eigenvalue weighted by Crippen LogP contribution is -2.21. The van der Waals surface area contributed by atoms with E-state index >= 15 is 0 Å². The zero-order valence-corrected chi connectivity index (χ0v) is 6.88. The number of carbonyl (C=O) groups is 1. The zero-order valence-electron chi connectivity index (χ0n) is 6.88. The highest BCUT2D eigenvalue weighted by Crippen LogP contribution is 2.15. The Morgan fingerprint density at radius 3 is 2.64 bits per heavy atom. The van der Waals surface area contributed by atoms with Crippen LogP contribution in [0.4, 0.5) is 0 Å². The smallest absolute Gasteiger partial charge is 0.158 e. The van der Waals surface area contributed by atoms with Crippen molar-refractivity contribution in [2.24, 2.45) is 5.92 Å². The van der Waals surface area contributed by atoms with Crippen molar-refractivity contribution < 1.29 is 9.53 Å². The molecule has 1 saturated heterocycles. The van der Waals surface area contributed by atoms with Crippen LogP contribution in [0.2, 0.25) is 0 Å². The van der Waals surface area contributed by atoms with Crippen LogP contribution in [-0.2, 0) is 9.53 Å². The van der Waals surface area contributed by atoms with Gasteiger partial charge in [-0.3, -0.25) is 4.79 Å². The SMILES string of the molecule is C/C=C/C(=O)C1CCOCC1. The van der Waals surface area contributed by atoms with Gasteiger partial charge in [-0.1, -0.05) is 6.08 Å². The number of allylic oxidation sites excluding steroid dienone is 2. The summed E-state index contributed by atoms with van der Waals surface area (Å²) in [6.45, 7) is 3.36. The standard InChI is InChI=1S/C9H14O2/c1-2-3-9(10)8-4-6-11-7-5-8/h2-3,8H,4-7H2,1H3/b3-2+. The molecule has 1 rings (SSSR count). The highest BCUT2D eigenvalue weighted by atomic mass is 16.5. The third-order valence-corrected chi connectivity index (χ3v) is 1.95. The van der Waals surface area contributed by atoms with Crippen LogP contribution in [0.15, 0.2) is 12.2 Å². The van der Waals surface area contributed by atoms with Gasteiger partial charge in [0.2, 0.25) is 0 Å². The maximum absolute atomic E-state index is 11.3. The maximum atomic E-state index is 11.3. The molecule has 0 aliphatic carbocycles. The van der Waals surface area contributed by atoms with Crippen molar-refractivity contribution in [3.8, 4) is 0 Å². The fraction of sp³-hybridized carbons (Fsp3) is 0.667. The van der Waals surface area contributed by atoms with Crippen LogP contribution in [-0.4, -0.2) is 19.0 Å². The third-order valence-electron chi connectivity index (χ3n) is 1.95. The molecule has 0 spiro atoms. The van der Waals surface area contributed by atoms with Gasteiger partial charge in [0.05, 0.1) is 0 Å². The Morgan fingerprint density at radius 2 is 2.09 bits per heavy atom. The van der Waals surface area contributed by atoms with E-state index in [1.807, 2.05) is 6.92 Å². The summed E-state index contributed by atoms with van der Waals surface area (Å²) < 4.78 is 5.15. The van der Waals surface area contributed by atoms with Gasteiger partial charge in [-0.05, 0) is 25.8 Å². The van der Waals surface area contributed by atoms with Crippen molar-refractivity contribution in [3.05, 3.63) is 12.2 Å². The number of rotatable bonds is 2. The van der Waals surface area contributed by atoms with Gasteiger partial charge >= 0.3 is 0 Å². The molecule has 0 saturated carbocycles. The number of ketones is 1. The Balaban J connectivity index is 2.38. The fourth-order valence-corrected chi connectivity index (χ4v) is 1.28. The maximum Gasteiger partial charge on any atom is 0.158 e. The van der Waals surface area contributed by atoms with E-state index in [1.165, 1.54) is 0 Å². The molecule has 0 aromatic carbocycles. The summed E-state index contributed by atoms with van der Waals surface area (Å²) >= 11 is 0. The van der Waals surface area contributed by atoms with Crippen molar-refractivity contribution in [2.45, 2.75) is 19.8 Å².